The number of hydrogen-bond donors (Lipinski definition) is 0. The maximum absolute atomic E-state index is 10.5. The summed E-state index contributed by atoms with van der Waals surface area (Å²) in [6.07, 6.45) is 0. The minimum Gasteiger partial charge on any atom is -0.744 e. The van der Waals surface area contributed by atoms with Gasteiger partial charge in [0.25, 0.3) is 0 Å². The zero-order valence-corrected chi connectivity index (χ0v) is 11.8. The van der Waals surface area contributed by atoms with E-state index in [1.165, 1.54) is 12.1 Å². The van der Waals surface area contributed by atoms with Crippen molar-refractivity contribution in [3.05, 3.63) is 27.8 Å². The van der Waals surface area contributed by atoms with Crippen molar-refractivity contribution in [1.82, 2.24) is 0 Å². The SMILES string of the molecule is O.O=S(=O)([O-])c1ccccc1I.[Na+]. The summed E-state index contributed by atoms with van der Waals surface area (Å²) in [6, 6.07) is 6.07. The summed E-state index contributed by atoms with van der Waals surface area (Å²) in [5.41, 5.74) is 0. The topological polar surface area (TPSA) is 88.7 Å². The van der Waals surface area contributed by atoms with E-state index in [-0.39, 0.29) is 39.9 Å². The Balaban J connectivity index is 0. The third-order valence-electron chi connectivity index (χ3n) is 1.11. The molecular weight excluding hydrogens is 318 g/mol. The molecule has 0 spiro atoms. The first-order chi connectivity index (χ1) is 5.02. The first kappa shape index (κ1) is 16.3. The minimum absolute atomic E-state index is 0. The van der Waals surface area contributed by atoms with Gasteiger partial charge in [0.2, 0.25) is 0 Å². The summed E-state index contributed by atoms with van der Waals surface area (Å²) >= 11 is 1.81. The molecule has 68 valence electrons. The van der Waals surface area contributed by atoms with Crippen LogP contribution in [0.4, 0.5) is 0 Å². The van der Waals surface area contributed by atoms with Crippen LogP contribution in [0.1, 0.15) is 0 Å². The van der Waals surface area contributed by atoms with E-state index in [9.17, 15) is 13.0 Å². The van der Waals surface area contributed by atoms with E-state index in [4.69, 9.17) is 0 Å². The number of rotatable bonds is 1. The fourth-order valence-corrected chi connectivity index (χ4v) is 2.40. The van der Waals surface area contributed by atoms with Gasteiger partial charge in [0.1, 0.15) is 10.1 Å². The second kappa shape index (κ2) is 6.33. The van der Waals surface area contributed by atoms with Gasteiger partial charge in [0, 0.05) is 3.57 Å². The fraction of sp³-hybridized carbons (Fsp3) is 0. The number of halogens is 1. The standard InChI is InChI=1S/C6H5IO3S.Na.H2O/c7-5-3-1-2-4-6(5)11(8,9)10;;/h1-4H,(H,8,9,10);;1H2/q;+1;/p-1. The normalized spacial score (nSPS) is 9.69. The third-order valence-corrected chi connectivity index (χ3v) is 3.31. The van der Waals surface area contributed by atoms with Crippen molar-refractivity contribution < 1.29 is 48.0 Å². The molecule has 0 heterocycles. The second-order valence-electron chi connectivity index (χ2n) is 1.88. The molecule has 0 saturated carbocycles. The van der Waals surface area contributed by atoms with Gasteiger partial charge in [-0.15, -0.1) is 0 Å². The number of benzene rings is 1. The van der Waals surface area contributed by atoms with Crippen molar-refractivity contribution in [3.63, 3.8) is 0 Å². The van der Waals surface area contributed by atoms with Crippen LogP contribution in [0, 0.1) is 3.57 Å². The molecule has 13 heavy (non-hydrogen) atoms. The molecule has 4 nitrogen and oxygen atoms in total. The van der Waals surface area contributed by atoms with Gasteiger partial charge in [0.15, 0.2) is 0 Å². The van der Waals surface area contributed by atoms with Crippen LogP contribution in [0.25, 0.3) is 0 Å². The van der Waals surface area contributed by atoms with Crippen LogP contribution in [0.5, 0.6) is 0 Å². The molecular formula is C6H6INaO4S. The molecule has 0 aromatic heterocycles. The first-order valence-electron chi connectivity index (χ1n) is 2.72. The molecule has 1 aromatic carbocycles. The summed E-state index contributed by atoms with van der Waals surface area (Å²) in [5, 5.41) is 0. The maximum Gasteiger partial charge on any atom is 1.00 e. The van der Waals surface area contributed by atoms with Crippen molar-refractivity contribution >= 4 is 32.7 Å². The molecule has 0 radical (unpaired) electrons. The molecule has 0 unspecified atom stereocenters. The minimum atomic E-state index is -4.29. The molecule has 0 aliphatic heterocycles. The Morgan fingerprint density at radius 3 is 2.00 bits per heavy atom. The summed E-state index contributed by atoms with van der Waals surface area (Å²) in [5.74, 6) is 0. The smallest absolute Gasteiger partial charge is 0.744 e. The van der Waals surface area contributed by atoms with Crippen molar-refractivity contribution in [2.24, 2.45) is 0 Å². The molecule has 0 aliphatic carbocycles. The van der Waals surface area contributed by atoms with Gasteiger partial charge in [0.05, 0.1) is 4.90 Å². The van der Waals surface area contributed by atoms with Gasteiger partial charge in [-0.1, -0.05) is 12.1 Å². The molecule has 7 heteroatoms. The van der Waals surface area contributed by atoms with E-state index in [1.54, 1.807) is 34.7 Å². The van der Waals surface area contributed by atoms with E-state index in [0.29, 0.717) is 3.57 Å². The van der Waals surface area contributed by atoms with Crippen LogP contribution in [-0.2, 0) is 10.1 Å². The van der Waals surface area contributed by atoms with Crippen LogP contribution in [-0.4, -0.2) is 18.4 Å². The Bertz CT molecular complexity index is 365. The van der Waals surface area contributed by atoms with Crippen molar-refractivity contribution in [2.45, 2.75) is 4.90 Å². The summed E-state index contributed by atoms with van der Waals surface area (Å²) < 4.78 is 31.9. The van der Waals surface area contributed by atoms with Crippen LogP contribution >= 0.6 is 22.6 Å². The molecule has 1 rings (SSSR count). The Labute approximate surface area is 112 Å². The molecule has 0 bridgehead atoms. The molecule has 2 N–H and O–H groups in total. The Morgan fingerprint density at radius 2 is 1.69 bits per heavy atom. The van der Waals surface area contributed by atoms with Gasteiger partial charge in [-0.25, -0.2) is 8.42 Å². The van der Waals surface area contributed by atoms with Gasteiger partial charge in [-0.3, -0.25) is 0 Å². The monoisotopic (exact) mass is 324 g/mol. The van der Waals surface area contributed by atoms with E-state index >= 15 is 0 Å². The third kappa shape index (κ3) is 4.73. The number of hydrogen-bond acceptors (Lipinski definition) is 3. The van der Waals surface area contributed by atoms with Gasteiger partial charge < -0.3 is 10.0 Å². The largest absolute Gasteiger partial charge is 1.00 e. The molecule has 1 aromatic rings. The van der Waals surface area contributed by atoms with Crippen LogP contribution in [0.2, 0.25) is 0 Å². The Kier molecular flexibility index (Phi) is 7.92. The predicted molar refractivity (Wildman–Crippen MR) is 50.7 cm³/mol. The average molecular weight is 324 g/mol. The van der Waals surface area contributed by atoms with Crippen molar-refractivity contribution in [3.8, 4) is 0 Å². The zero-order valence-electron chi connectivity index (χ0n) is 6.82. The zero-order chi connectivity index (χ0) is 8.48. The summed E-state index contributed by atoms with van der Waals surface area (Å²) in [4.78, 5) is -0.152. The van der Waals surface area contributed by atoms with Crippen LogP contribution in [0.3, 0.4) is 0 Å². The van der Waals surface area contributed by atoms with E-state index in [0.717, 1.165) is 0 Å². The Morgan fingerprint density at radius 1 is 1.23 bits per heavy atom. The van der Waals surface area contributed by atoms with Gasteiger partial charge >= 0.3 is 29.6 Å². The fourth-order valence-electron chi connectivity index (χ4n) is 0.647. The summed E-state index contributed by atoms with van der Waals surface area (Å²) in [7, 11) is -4.29. The van der Waals surface area contributed by atoms with E-state index in [1.807, 2.05) is 0 Å². The maximum atomic E-state index is 10.5. The van der Waals surface area contributed by atoms with Crippen LogP contribution in [0.15, 0.2) is 29.2 Å². The molecule has 0 saturated heterocycles. The summed E-state index contributed by atoms with van der Waals surface area (Å²) in [6.45, 7) is 0. The van der Waals surface area contributed by atoms with Crippen LogP contribution < -0.4 is 29.6 Å². The second-order valence-corrected chi connectivity index (χ2v) is 4.39. The molecule has 0 atom stereocenters. The molecule has 0 aliphatic rings. The molecule has 0 fully saturated rings. The Hall–Kier alpha value is 0.820. The van der Waals surface area contributed by atoms with Gasteiger partial charge in [-0.05, 0) is 34.7 Å². The quantitative estimate of drug-likeness (QED) is 0.322. The van der Waals surface area contributed by atoms with Crippen molar-refractivity contribution in [1.29, 1.82) is 0 Å². The van der Waals surface area contributed by atoms with Crippen molar-refractivity contribution in [2.75, 3.05) is 0 Å². The average Bonchev–Trinajstić information content (AvgIpc) is 1.86. The van der Waals surface area contributed by atoms with E-state index in [2.05, 4.69) is 0 Å². The van der Waals surface area contributed by atoms with Gasteiger partial charge in [-0.2, -0.15) is 0 Å². The predicted octanol–water partition coefficient (Wildman–Crippen LogP) is -2.63. The first-order valence-corrected chi connectivity index (χ1v) is 5.21. The molecule has 0 amide bonds. The van der Waals surface area contributed by atoms with E-state index < -0.39 is 10.1 Å².